The zero-order chi connectivity index (χ0) is 15.6. The number of carbonyl (C=O) groups is 1. The third kappa shape index (κ3) is 3.28. The Balaban J connectivity index is 2.24. The van der Waals surface area contributed by atoms with E-state index in [1.54, 1.807) is 0 Å². The summed E-state index contributed by atoms with van der Waals surface area (Å²) in [6.07, 6.45) is -0.263. The van der Waals surface area contributed by atoms with E-state index < -0.39 is 33.8 Å². The van der Waals surface area contributed by atoms with Crippen molar-refractivity contribution in [3.05, 3.63) is 45.0 Å². The lowest BCUT2D eigenvalue weighted by Crippen LogP contribution is -2.17. The molecule has 0 fully saturated rings. The van der Waals surface area contributed by atoms with Crippen molar-refractivity contribution in [3.8, 4) is 0 Å². The Morgan fingerprint density at radius 3 is 2.76 bits per heavy atom. The molecule has 0 aliphatic heterocycles. The van der Waals surface area contributed by atoms with Crippen LogP contribution in [0.5, 0.6) is 0 Å². The number of nitrogens with two attached hydrogens (primary N) is 1. The molecular weight excluding hydrogens is 306 g/mol. The number of nitrogens with one attached hydrogen (secondary N) is 1. The molecule has 3 N–H and O–H groups in total. The van der Waals surface area contributed by atoms with Gasteiger partial charge in [0.05, 0.1) is 17.0 Å². The molecule has 7 nitrogen and oxygen atoms in total. The largest absolute Gasteiger partial charge is 0.375 e. The topological polar surface area (TPSA) is 111 Å². The standard InChI is InChI=1S/C11H8F2N4O3S/c12-6-1-2-7(17(19)20)10(9(6)13)16-8(18)3-5-4-21-11(14)15-5/h1-2,4H,3H2,(H2,14,15)(H,16,18). The van der Waals surface area contributed by atoms with Crippen LogP contribution in [0.15, 0.2) is 17.5 Å². The predicted molar refractivity (Wildman–Crippen MR) is 71.9 cm³/mol. The first-order chi connectivity index (χ1) is 9.88. The Morgan fingerprint density at radius 2 is 2.19 bits per heavy atom. The van der Waals surface area contributed by atoms with Crippen molar-refractivity contribution in [2.45, 2.75) is 6.42 Å². The number of carbonyl (C=O) groups excluding carboxylic acids is 1. The second-order valence-corrected chi connectivity index (χ2v) is 4.80. The minimum absolute atomic E-state index is 0.251. The highest BCUT2D eigenvalue weighted by atomic mass is 32.1. The third-order valence-electron chi connectivity index (χ3n) is 2.45. The van der Waals surface area contributed by atoms with Crippen LogP contribution in [0.25, 0.3) is 0 Å². The summed E-state index contributed by atoms with van der Waals surface area (Å²) in [5, 5.41) is 14.5. The monoisotopic (exact) mass is 314 g/mol. The van der Waals surface area contributed by atoms with Gasteiger partial charge >= 0.3 is 0 Å². The van der Waals surface area contributed by atoms with Gasteiger partial charge in [-0.25, -0.2) is 13.8 Å². The smallest absolute Gasteiger partial charge is 0.296 e. The first-order valence-electron chi connectivity index (χ1n) is 5.50. The van der Waals surface area contributed by atoms with Crippen LogP contribution in [0, 0.1) is 21.7 Å². The fourth-order valence-corrected chi connectivity index (χ4v) is 2.13. The fraction of sp³-hybridized carbons (Fsp3) is 0.0909. The van der Waals surface area contributed by atoms with Crippen molar-refractivity contribution in [1.82, 2.24) is 4.98 Å². The van der Waals surface area contributed by atoms with Crippen LogP contribution < -0.4 is 11.1 Å². The molecule has 1 heterocycles. The molecule has 0 aliphatic carbocycles. The number of nitro groups is 1. The maximum Gasteiger partial charge on any atom is 0.296 e. The lowest BCUT2D eigenvalue weighted by molar-refractivity contribution is -0.384. The first-order valence-corrected chi connectivity index (χ1v) is 6.38. The van der Waals surface area contributed by atoms with E-state index in [-0.39, 0.29) is 11.6 Å². The fourth-order valence-electron chi connectivity index (χ4n) is 1.56. The number of benzene rings is 1. The molecule has 2 aromatic rings. The summed E-state index contributed by atoms with van der Waals surface area (Å²) in [6.45, 7) is 0. The Hall–Kier alpha value is -2.62. The zero-order valence-corrected chi connectivity index (χ0v) is 11.1. The minimum Gasteiger partial charge on any atom is -0.375 e. The number of nitrogen functional groups attached to an aromatic ring is 1. The predicted octanol–water partition coefficient (Wildman–Crippen LogP) is 2.09. The number of rotatable bonds is 4. The lowest BCUT2D eigenvalue weighted by atomic mass is 10.2. The van der Waals surface area contributed by atoms with Crippen LogP contribution in [0.3, 0.4) is 0 Å². The van der Waals surface area contributed by atoms with E-state index in [0.29, 0.717) is 11.8 Å². The Morgan fingerprint density at radius 1 is 1.48 bits per heavy atom. The number of thiazole rings is 1. The van der Waals surface area contributed by atoms with Gasteiger partial charge in [-0.3, -0.25) is 14.9 Å². The molecule has 0 bridgehead atoms. The van der Waals surface area contributed by atoms with E-state index >= 15 is 0 Å². The maximum absolute atomic E-state index is 13.6. The molecule has 110 valence electrons. The zero-order valence-electron chi connectivity index (χ0n) is 10.3. The van der Waals surface area contributed by atoms with Crippen LogP contribution in [-0.4, -0.2) is 15.8 Å². The summed E-state index contributed by atoms with van der Waals surface area (Å²) < 4.78 is 26.7. The van der Waals surface area contributed by atoms with Crippen molar-refractivity contribution in [1.29, 1.82) is 0 Å². The van der Waals surface area contributed by atoms with E-state index in [2.05, 4.69) is 4.98 Å². The van der Waals surface area contributed by atoms with Crippen molar-refractivity contribution in [2.75, 3.05) is 11.1 Å². The van der Waals surface area contributed by atoms with Crippen LogP contribution in [0.1, 0.15) is 5.69 Å². The molecule has 21 heavy (non-hydrogen) atoms. The highest BCUT2D eigenvalue weighted by Gasteiger charge is 2.23. The number of halogens is 2. The molecule has 0 saturated heterocycles. The molecule has 0 radical (unpaired) electrons. The average molecular weight is 314 g/mol. The SMILES string of the molecule is Nc1nc(CC(=O)Nc2c([N+](=O)[O-])ccc(F)c2F)cs1. The lowest BCUT2D eigenvalue weighted by Gasteiger charge is -2.06. The van der Waals surface area contributed by atoms with E-state index in [1.165, 1.54) is 5.38 Å². The van der Waals surface area contributed by atoms with Crippen LogP contribution in [0.2, 0.25) is 0 Å². The van der Waals surface area contributed by atoms with E-state index in [1.807, 2.05) is 5.32 Å². The normalized spacial score (nSPS) is 10.4. The van der Waals surface area contributed by atoms with Gasteiger partial charge in [0, 0.05) is 11.4 Å². The molecule has 0 atom stereocenters. The van der Waals surface area contributed by atoms with E-state index in [9.17, 15) is 23.7 Å². The Kier molecular flexibility index (Phi) is 4.08. The number of nitro benzene ring substituents is 1. The molecule has 1 aromatic carbocycles. The average Bonchev–Trinajstić information content (AvgIpc) is 2.80. The highest BCUT2D eigenvalue weighted by Crippen LogP contribution is 2.29. The number of hydrogen-bond donors (Lipinski definition) is 2. The Labute approximate surface area is 120 Å². The summed E-state index contributed by atoms with van der Waals surface area (Å²) in [6, 6.07) is 1.39. The van der Waals surface area contributed by atoms with Gasteiger partial charge in [-0.05, 0) is 6.07 Å². The van der Waals surface area contributed by atoms with Gasteiger partial charge in [-0.15, -0.1) is 11.3 Å². The first kappa shape index (κ1) is 14.8. The van der Waals surface area contributed by atoms with Crippen molar-refractivity contribution < 1.29 is 18.5 Å². The number of hydrogen-bond acceptors (Lipinski definition) is 6. The van der Waals surface area contributed by atoms with Crippen molar-refractivity contribution in [3.63, 3.8) is 0 Å². The molecule has 2 rings (SSSR count). The third-order valence-corrected chi connectivity index (χ3v) is 3.17. The molecule has 0 aliphatic rings. The molecule has 0 spiro atoms. The highest BCUT2D eigenvalue weighted by molar-refractivity contribution is 7.13. The van der Waals surface area contributed by atoms with Gasteiger partial charge in [-0.1, -0.05) is 0 Å². The van der Waals surface area contributed by atoms with Gasteiger partial charge in [0.1, 0.15) is 0 Å². The molecule has 0 saturated carbocycles. The van der Waals surface area contributed by atoms with Gasteiger partial charge in [0.25, 0.3) is 5.69 Å². The summed E-state index contributed by atoms with van der Waals surface area (Å²) in [7, 11) is 0. The molecule has 0 unspecified atom stereocenters. The molecule has 1 amide bonds. The number of nitrogens with zero attached hydrogens (tertiary/aromatic N) is 2. The van der Waals surface area contributed by atoms with Crippen LogP contribution >= 0.6 is 11.3 Å². The summed E-state index contributed by atoms with van der Waals surface area (Å²) in [5.74, 6) is -3.56. The Bertz CT molecular complexity index is 719. The maximum atomic E-state index is 13.6. The summed E-state index contributed by atoms with van der Waals surface area (Å²) >= 11 is 1.11. The van der Waals surface area contributed by atoms with Gasteiger partial charge in [0.2, 0.25) is 5.91 Å². The molecular formula is C11H8F2N4O3S. The molecule has 1 aromatic heterocycles. The quantitative estimate of drug-likeness (QED) is 0.663. The van der Waals surface area contributed by atoms with Crippen LogP contribution in [0.4, 0.5) is 25.3 Å². The number of anilines is 2. The second-order valence-electron chi connectivity index (χ2n) is 3.91. The van der Waals surface area contributed by atoms with Crippen molar-refractivity contribution in [2.24, 2.45) is 0 Å². The van der Waals surface area contributed by atoms with Crippen molar-refractivity contribution >= 4 is 33.8 Å². The minimum atomic E-state index is -1.49. The van der Waals surface area contributed by atoms with Gasteiger partial charge in [-0.2, -0.15) is 0 Å². The van der Waals surface area contributed by atoms with Gasteiger partial charge < -0.3 is 11.1 Å². The van der Waals surface area contributed by atoms with Gasteiger partial charge in [0.15, 0.2) is 22.5 Å². The summed E-state index contributed by atoms with van der Waals surface area (Å²) in [5.41, 5.74) is 4.17. The molecule has 10 heteroatoms. The second kappa shape index (κ2) is 5.79. The number of aromatic nitrogens is 1. The summed E-state index contributed by atoms with van der Waals surface area (Å²) in [4.78, 5) is 25.4. The van der Waals surface area contributed by atoms with E-state index in [4.69, 9.17) is 5.73 Å². The van der Waals surface area contributed by atoms with E-state index in [0.717, 1.165) is 17.4 Å². The number of amides is 1. The van der Waals surface area contributed by atoms with Crippen LogP contribution in [-0.2, 0) is 11.2 Å².